The number of ether oxygens (including phenoxy) is 1. The highest BCUT2D eigenvalue weighted by atomic mass is 16.5. The van der Waals surface area contributed by atoms with E-state index in [4.69, 9.17) is 4.74 Å². The molecule has 9 heteroatoms. The van der Waals surface area contributed by atoms with E-state index < -0.39 is 29.5 Å². The molecule has 1 saturated heterocycles. The van der Waals surface area contributed by atoms with Gasteiger partial charge in [-0.2, -0.15) is 10.0 Å². The van der Waals surface area contributed by atoms with Gasteiger partial charge in [0.1, 0.15) is 0 Å². The number of benzene rings is 2. The van der Waals surface area contributed by atoms with Crippen LogP contribution in [0.5, 0.6) is 0 Å². The number of carbonyl (C=O) groups is 5. The minimum Gasteiger partial charge on any atom is -0.376 e. The van der Waals surface area contributed by atoms with E-state index in [-0.39, 0.29) is 33.9 Å². The molecule has 3 aliphatic heterocycles. The molecule has 0 spiro atoms. The molecule has 3 aliphatic rings. The van der Waals surface area contributed by atoms with Crippen molar-refractivity contribution in [3.8, 4) is 0 Å². The van der Waals surface area contributed by atoms with E-state index in [2.05, 4.69) is 5.32 Å². The van der Waals surface area contributed by atoms with Gasteiger partial charge in [0.05, 0.1) is 28.4 Å². The second kappa shape index (κ2) is 7.13. The van der Waals surface area contributed by atoms with Gasteiger partial charge >= 0.3 is 0 Å². The van der Waals surface area contributed by atoms with Crippen molar-refractivity contribution in [3.05, 3.63) is 70.3 Å². The van der Waals surface area contributed by atoms with Crippen LogP contribution in [0.4, 0.5) is 0 Å². The molecule has 5 rings (SSSR count). The van der Waals surface area contributed by atoms with Crippen LogP contribution in [0.15, 0.2) is 42.5 Å². The lowest BCUT2D eigenvalue weighted by Crippen LogP contribution is -2.49. The van der Waals surface area contributed by atoms with Crippen molar-refractivity contribution in [2.24, 2.45) is 0 Å². The van der Waals surface area contributed by atoms with Gasteiger partial charge in [0.2, 0.25) is 0 Å². The number of carbonyl (C=O) groups excluding carboxylic acids is 5. The predicted octanol–water partition coefficient (Wildman–Crippen LogP) is 1.40. The second-order valence-corrected chi connectivity index (χ2v) is 7.50. The Morgan fingerprint density at radius 3 is 2.03 bits per heavy atom. The molecule has 156 valence electrons. The Hall–Kier alpha value is -3.85. The van der Waals surface area contributed by atoms with Gasteiger partial charge < -0.3 is 10.1 Å². The molecule has 0 radical (unpaired) electrons. The lowest BCUT2D eigenvalue weighted by Gasteiger charge is -2.23. The van der Waals surface area contributed by atoms with Crippen LogP contribution in [0.3, 0.4) is 0 Å². The molecule has 0 unspecified atom stereocenters. The van der Waals surface area contributed by atoms with E-state index in [0.717, 1.165) is 12.8 Å². The fourth-order valence-electron chi connectivity index (χ4n) is 4.02. The van der Waals surface area contributed by atoms with Gasteiger partial charge in [-0.15, -0.1) is 0 Å². The number of imide groups is 2. The van der Waals surface area contributed by atoms with Crippen molar-refractivity contribution in [2.75, 3.05) is 13.2 Å². The van der Waals surface area contributed by atoms with Crippen LogP contribution in [0.2, 0.25) is 0 Å². The molecular weight excluding hydrogens is 402 g/mol. The highest BCUT2D eigenvalue weighted by molar-refractivity contribution is 6.28. The van der Waals surface area contributed by atoms with Crippen LogP contribution in [-0.4, -0.2) is 58.8 Å². The zero-order valence-electron chi connectivity index (χ0n) is 16.3. The maximum atomic E-state index is 13.0. The Kier molecular flexibility index (Phi) is 4.40. The number of hydrazine groups is 1. The van der Waals surface area contributed by atoms with Crippen LogP contribution in [0.1, 0.15) is 64.6 Å². The van der Waals surface area contributed by atoms with Crippen LogP contribution in [0, 0.1) is 0 Å². The number of nitrogens with zero attached hydrogens (tertiary/aromatic N) is 2. The molecule has 0 aliphatic carbocycles. The van der Waals surface area contributed by atoms with E-state index >= 15 is 0 Å². The summed E-state index contributed by atoms with van der Waals surface area (Å²) in [6, 6.07) is 10.2. The maximum Gasteiger partial charge on any atom is 0.281 e. The average Bonchev–Trinajstić information content (AvgIpc) is 3.46. The second-order valence-electron chi connectivity index (χ2n) is 7.50. The first-order valence-corrected chi connectivity index (χ1v) is 9.87. The molecule has 1 N–H and O–H groups in total. The number of rotatable bonds is 4. The molecule has 9 nitrogen and oxygen atoms in total. The zero-order valence-corrected chi connectivity index (χ0v) is 16.3. The average molecular weight is 419 g/mol. The third-order valence-corrected chi connectivity index (χ3v) is 5.61. The number of hydrogen-bond donors (Lipinski definition) is 1. The predicted molar refractivity (Wildman–Crippen MR) is 105 cm³/mol. The van der Waals surface area contributed by atoms with E-state index in [1.807, 2.05) is 0 Å². The smallest absolute Gasteiger partial charge is 0.281 e. The van der Waals surface area contributed by atoms with Crippen molar-refractivity contribution >= 4 is 29.5 Å². The molecule has 0 aromatic heterocycles. The summed E-state index contributed by atoms with van der Waals surface area (Å²) < 4.78 is 5.47. The number of hydrogen-bond acceptors (Lipinski definition) is 6. The van der Waals surface area contributed by atoms with Crippen LogP contribution < -0.4 is 5.32 Å². The first kappa shape index (κ1) is 19.1. The molecular formula is C22H17N3O6. The largest absolute Gasteiger partial charge is 0.376 e. The molecule has 1 fully saturated rings. The molecule has 5 amide bonds. The first-order chi connectivity index (χ1) is 15.0. The zero-order chi connectivity index (χ0) is 21.7. The van der Waals surface area contributed by atoms with E-state index in [9.17, 15) is 24.0 Å². The summed E-state index contributed by atoms with van der Waals surface area (Å²) in [4.78, 5) is 63.7. The SMILES string of the molecule is O=C(NC[C@H]1CCCO1)c1ccc2c(c1)C(=O)N(N1C(=O)c3ccccc3C1=O)C2=O. The summed E-state index contributed by atoms with van der Waals surface area (Å²) in [6.45, 7) is 1.02. The molecule has 2 aromatic carbocycles. The highest BCUT2D eigenvalue weighted by Crippen LogP contribution is 2.31. The molecule has 31 heavy (non-hydrogen) atoms. The monoisotopic (exact) mass is 419 g/mol. The Balaban J connectivity index is 1.40. The fraction of sp³-hybridized carbons (Fsp3) is 0.227. The molecule has 1 atom stereocenters. The number of fused-ring (bicyclic) bond motifs is 2. The van der Waals surface area contributed by atoms with Gasteiger partial charge in [-0.1, -0.05) is 12.1 Å². The van der Waals surface area contributed by atoms with Crippen molar-refractivity contribution in [3.63, 3.8) is 0 Å². The number of amides is 5. The van der Waals surface area contributed by atoms with Gasteiger partial charge in [-0.3, -0.25) is 24.0 Å². The van der Waals surface area contributed by atoms with Gasteiger partial charge in [0.15, 0.2) is 0 Å². The van der Waals surface area contributed by atoms with Gasteiger partial charge in [0.25, 0.3) is 29.5 Å². The van der Waals surface area contributed by atoms with Crippen molar-refractivity contribution < 1.29 is 28.7 Å². The third-order valence-electron chi connectivity index (χ3n) is 5.61. The maximum absolute atomic E-state index is 13.0. The van der Waals surface area contributed by atoms with Crippen molar-refractivity contribution in [1.82, 2.24) is 15.3 Å². The normalized spacial score (nSPS) is 19.8. The first-order valence-electron chi connectivity index (χ1n) is 9.87. The molecule has 2 aromatic rings. The Bertz CT molecular complexity index is 1130. The highest BCUT2D eigenvalue weighted by Gasteiger charge is 2.48. The molecule has 0 bridgehead atoms. The number of nitrogens with one attached hydrogen (secondary N) is 1. The topological polar surface area (TPSA) is 113 Å². The van der Waals surface area contributed by atoms with E-state index in [0.29, 0.717) is 23.2 Å². The Morgan fingerprint density at radius 1 is 0.871 bits per heavy atom. The van der Waals surface area contributed by atoms with E-state index in [1.54, 1.807) is 12.1 Å². The quantitative estimate of drug-likeness (QED) is 0.750. The standard InChI is InChI=1S/C22H17N3O6/c26-18(23-11-13-4-3-9-31-13)12-7-8-16-17(10-12)22(30)25(21(16)29)24-19(27)14-5-1-2-6-15(14)20(24)28/h1-2,5-8,10,13H,3-4,9,11H2,(H,23,26)/t13-/m1/s1. The van der Waals surface area contributed by atoms with Gasteiger partial charge in [-0.25, -0.2) is 0 Å². The van der Waals surface area contributed by atoms with E-state index in [1.165, 1.54) is 30.3 Å². The summed E-state index contributed by atoms with van der Waals surface area (Å²) in [5.41, 5.74) is 0.433. The third kappa shape index (κ3) is 2.93. The summed E-state index contributed by atoms with van der Waals surface area (Å²) in [5.74, 6) is -3.52. The lowest BCUT2D eigenvalue weighted by molar-refractivity contribution is 0.00845. The van der Waals surface area contributed by atoms with Crippen LogP contribution in [0.25, 0.3) is 0 Å². The fourth-order valence-corrected chi connectivity index (χ4v) is 4.02. The van der Waals surface area contributed by atoms with Crippen molar-refractivity contribution in [1.29, 1.82) is 0 Å². The van der Waals surface area contributed by atoms with Crippen LogP contribution in [-0.2, 0) is 4.74 Å². The minimum absolute atomic E-state index is 0.0252. The Morgan fingerprint density at radius 2 is 1.45 bits per heavy atom. The van der Waals surface area contributed by atoms with Crippen LogP contribution >= 0.6 is 0 Å². The summed E-state index contributed by atoms with van der Waals surface area (Å²) in [6.07, 6.45) is 1.78. The van der Waals surface area contributed by atoms with Crippen molar-refractivity contribution in [2.45, 2.75) is 18.9 Å². The van der Waals surface area contributed by atoms with Gasteiger partial charge in [-0.05, 0) is 43.2 Å². The lowest BCUT2D eigenvalue weighted by atomic mass is 10.1. The Labute approximate surface area is 176 Å². The molecule has 0 saturated carbocycles. The molecule has 3 heterocycles. The summed E-state index contributed by atoms with van der Waals surface area (Å²) >= 11 is 0. The summed E-state index contributed by atoms with van der Waals surface area (Å²) in [5, 5.41) is 3.87. The summed E-state index contributed by atoms with van der Waals surface area (Å²) in [7, 11) is 0. The van der Waals surface area contributed by atoms with Gasteiger partial charge in [0, 0.05) is 18.7 Å². The minimum atomic E-state index is -0.830.